The van der Waals surface area contributed by atoms with Crippen molar-refractivity contribution in [2.24, 2.45) is 17.8 Å². The monoisotopic (exact) mass is 513 g/mol. The van der Waals surface area contributed by atoms with E-state index < -0.39 is 35.7 Å². The van der Waals surface area contributed by atoms with Gasteiger partial charge in [0.25, 0.3) is 0 Å². The van der Waals surface area contributed by atoms with Crippen molar-refractivity contribution in [1.82, 2.24) is 0 Å². The number of carbonyl (C=O) groups is 3. The van der Waals surface area contributed by atoms with Crippen molar-refractivity contribution in [2.75, 3.05) is 26.2 Å². The third-order valence-electron chi connectivity index (χ3n) is 7.82. The summed E-state index contributed by atoms with van der Waals surface area (Å²) in [5.41, 5.74) is 0. The summed E-state index contributed by atoms with van der Waals surface area (Å²) in [5, 5.41) is 31.3. The summed E-state index contributed by atoms with van der Waals surface area (Å²) in [7, 11) is 0. The van der Waals surface area contributed by atoms with Gasteiger partial charge in [0.1, 0.15) is 11.8 Å². The molecule has 0 aromatic carbocycles. The van der Waals surface area contributed by atoms with E-state index in [2.05, 4.69) is 6.92 Å². The molecule has 7 heteroatoms. The normalized spacial score (nSPS) is 15.7. The molecule has 3 atom stereocenters. The molecule has 0 bridgehead atoms. The summed E-state index contributed by atoms with van der Waals surface area (Å²) in [5.74, 6) is -4.93. The molecule has 0 aromatic rings. The highest BCUT2D eigenvalue weighted by Crippen LogP contribution is 2.25. The number of carboxylic acid groups (broad SMARTS) is 3. The Bertz CT molecular complexity index is 549. The predicted molar refractivity (Wildman–Crippen MR) is 142 cm³/mol. The number of hydrogen-bond donors (Lipinski definition) is 2. The van der Waals surface area contributed by atoms with Crippen LogP contribution in [0.2, 0.25) is 0 Å². The number of rotatable bonds is 25. The largest absolute Gasteiger partial charge is 0.550 e. The van der Waals surface area contributed by atoms with E-state index in [1.807, 2.05) is 13.8 Å². The van der Waals surface area contributed by atoms with E-state index in [0.29, 0.717) is 25.8 Å². The van der Waals surface area contributed by atoms with Crippen molar-refractivity contribution < 1.29 is 34.2 Å². The Balaban J connectivity index is 5.18. The van der Waals surface area contributed by atoms with Gasteiger partial charge in [-0.15, -0.1) is 0 Å². The summed E-state index contributed by atoms with van der Waals surface area (Å²) in [6, 6.07) is 0. The molecule has 0 fully saturated rings. The molecule has 0 amide bonds. The van der Waals surface area contributed by atoms with E-state index in [9.17, 15) is 29.7 Å². The molecule has 2 N–H and O–H groups in total. The summed E-state index contributed by atoms with van der Waals surface area (Å²) >= 11 is 0. The maximum absolute atomic E-state index is 11.9. The summed E-state index contributed by atoms with van der Waals surface area (Å²) in [6.07, 6.45) is 15.7. The second kappa shape index (κ2) is 20.4. The standard InChI is InChI=1S/C29H55NO6/c1-5-9-10-11-12-13-14-15-16-17-18-19-20-30(21-24(6-2)27(31)32,22-25(7-3)28(33)34)23-26(8-4)29(35)36/h24-26H,5-23H2,1-4H3,(H2-,31,32,33,34,35,36). The van der Waals surface area contributed by atoms with Crippen molar-refractivity contribution >= 4 is 17.9 Å². The molecule has 0 saturated heterocycles. The van der Waals surface area contributed by atoms with Gasteiger partial charge in [-0.1, -0.05) is 91.9 Å². The third kappa shape index (κ3) is 14.8. The topological polar surface area (TPSA) is 115 Å². The van der Waals surface area contributed by atoms with Gasteiger partial charge in [0, 0.05) is 5.92 Å². The van der Waals surface area contributed by atoms with E-state index in [1.165, 1.54) is 57.8 Å². The van der Waals surface area contributed by atoms with E-state index in [-0.39, 0.29) is 24.1 Å². The quantitative estimate of drug-likeness (QED) is 0.123. The van der Waals surface area contributed by atoms with E-state index >= 15 is 0 Å². The fraction of sp³-hybridized carbons (Fsp3) is 0.897. The Morgan fingerprint density at radius 1 is 0.583 bits per heavy atom. The maximum atomic E-state index is 11.9. The van der Waals surface area contributed by atoms with Gasteiger partial charge < -0.3 is 24.6 Å². The molecule has 0 aromatic heterocycles. The third-order valence-corrected chi connectivity index (χ3v) is 7.82. The lowest BCUT2D eigenvalue weighted by Crippen LogP contribution is -2.59. The number of unbranched alkanes of at least 4 members (excludes halogenated alkanes) is 11. The molecule has 0 aliphatic rings. The minimum Gasteiger partial charge on any atom is -0.550 e. The first-order valence-corrected chi connectivity index (χ1v) is 14.7. The highest BCUT2D eigenvalue weighted by Gasteiger charge is 2.39. The van der Waals surface area contributed by atoms with E-state index in [4.69, 9.17) is 0 Å². The lowest BCUT2D eigenvalue weighted by molar-refractivity contribution is -0.935. The molecular weight excluding hydrogens is 458 g/mol. The first-order valence-electron chi connectivity index (χ1n) is 14.7. The molecule has 0 aliphatic heterocycles. The number of nitrogens with zero attached hydrogens (tertiary/aromatic N) is 1. The minimum atomic E-state index is -1.14. The van der Waals surface area contributed by atoms with Crippen LogP contribution in [-0.4, -0.2) is 58.8 Å². The molecule has 0 radical (unpaired) electrons. The van der Waals surface area contributed by atoms with Gasteiger partial charge >= 0.3 is 11.9 Å². The predicted octanol–water partition coefficient (Wildman–Crippen LogP) is 5.50. The van der Waals surface area contributed by atoms with Gasteiger partial charge in [-0.2, -0.15) is 0 Å². The highest BCUT2D eigenvalue weighted by molar-refractivity contribution is 5.70. The van der Waals surface area contributed by atoms with Crippen molar-refractivity contribution in [3.8, 4) is 0 Å². The van der Waals surface area contributed by atoms with Crippen LogP contribution in [0.4, 0.5) is 0 Å². The van der Waals surface area contributed by atoms with Gasteiger partial charge in [-0.3, -0.25) is 9.59 Å². The number of carbonyl (C=O) groups excluding carboxylic acids is 1. The lowest BCUT2D eigenvalue weighted by Gasteiger charge is -2.44. The molecule has 36 heavy (non-hydrogen) atoms. The van der Waals surface area contributed by atoms with E-state index in [0.717, 1.165) is 19.3 Å². The Labute approximate surface area is 220 Å². The first-order chi connectivity index (χ1) is 17.2. The molecule has 212 valence electrons. The number of hydrogen-bond acceptors (Lipinski definition) is 4. The number of quaternary nitrogens is 1. The lowest BCUT2D eigenvalue weighted by atomic mass is 9.95. The highest BCUT2D eigenvalue weighted by atomic mass is 16.4. The summed E-state index contributed by atoms with van der Waals surface area (Å²) in [6.45, 7) is 9.02. The number of carboxylic acids is 3. The van der Waals surface area contributed by atoms with Crippen LogP contribution in [0.25, 0.3) is 0 Å². The Morgan fingerprint density at radius 2 is 0.917 bits per heavy atom. The fourth-order valence-corrected chi connectivity index (χ4v) is 5.32. The van der Waals surface area contributed by atoms with Gasteiger partial charge in [-0.25, -0.2) is 0 Å². The molecule has 0 spiro atoms. The van der Waals surface area contributed by atoms with Crippen LogP contribution in [0, 0.1) is 17.8 Å². The molecule has 0 heterocycles. The molecule has 0 rings (SSSR count). The zero-order valence-electron chi connectivity index (χ0n) is 23.6. The van der Waals surface area contributed by atoms with Crippen molar-refractivity contribution in [2.45, 2.75) is 124 Å². The van der Waals surface area contributed by atoms with Crippen LogP contribution in [0.3, 0.4) is 0 Å². The van der Waals surface area contributed by atoms with Crippen LogP contribution in [-0.2, 0) is 14.4 Å². The van der Waals surface area contributed by atoms with Gasteiger partial charge in [0.2, 0.25) is 0 Å². The molecule has 0 aliphatic carbocycles. The summed E-state index contributed by atoms with van der Waals surface area (Å²) in [4.78, 5) is 35.6. The SMILES string of the molecule is CCCCCCCCCCCCCC[N+](CC(CC)C(=O)[O-])(CC(CC)C(=O)O)CC(CC)C(=O)O. The molecule has 3 unspecified atom stereocenters. The zero-order chi connectivity index (χ0) is 27.4. The van der Waals surface area contributed by atoms with Crippen LogP contribution >= 0.6 is 0 Å². The second-order valence-corrected chi connectivity index (χ2v) is 10.8. The van der Waals surface area contributed by atoms with E-state index in [1.54, 1.807) is 6.92 Å². The molecule has 7 nitrogen and oxygen atoms in total. The molecular formula is C29H55NO6. The van der Waals surface area contributed by atoms with Crippen LogP contribution in [0.15, 0.2) is 0 Å². The Morgan fingerprint density at radius 3 is 1.22 bits per heavy atom. The van der Waals surface area contributed by atoms with Crippen molar-refractivity contribution in [3.63, 3.8) is 0 Å². The average Bonchev–Trinajstić information content (AvgIpc) is 2.84. The van der Waals surface area contributed by atoms with Crippen LogP contribution < -0.4 is 5.11 Å². The smallest absolute Gasteiger partial charge is 0.312 e. The van der Waals surface area contributed by atoms with Crippen LogP contribution in [0.5, 0.6) is 0 Å². The van der Waals surface area contributed by atoms with Crippen molar-refractivity contribution in [1.29, 1.82) is 0 Å². The summed E-state index contributed by atoms with van der Waals surface area (Å²) < 4.78 is 0.222. The molecule has 0 saturated carbocycles. The van der Waals surface area contributed by atoms with Crippen LogP contribution in [0.1, 0.15) is 124 Å². The van der Waals surface area contributed by atoms with Crippen molar-refractivity contribution in [3.05, 3.63) is 0 Å². The second-order valence-electron chi connectivity index (χ2n) is 10.8. The minimum absolute atomic E-state index is 0.222. The Hall–Kier alpha value is -1.63. The van der Waals surface area contributed by atoms with Gasteiger partial charge in [0.05, 0.1) is 32.1 Å². The zero-order valence-corrected chi connectivity index (χ0v) is 23.6. The number of aliphatic carboxylic acids is 3. The average molecular weight is 514 g/mol. The van der Waals surface area contributed by atoms with Gasteiger partial charge in [0.15, 0.2) is 0 Å². The van der Waals surface area contributed by atoms with Gasteiger partial charge in [-0.05, 0) is 32.1 Å². The first kappa shape index (κ1) is 34.4. The maximum Gasteiger partial charge on any atom is 0.312 e. The fourth-order valence-electron chi connectivity index (χ4n) is 5.32. The Kier molecular flexibility index (Phi) is 19.5.